The first kappa shape index (κ1) is 22.3. The molecule has 0 fully saturated rings. The van der Waals surface area contributed by atoms with E-state index >= 15 is 0 Å². The van der Waals surface area contributed by atoms with Crippen LogP contribution in [0.25, 0.3) is 5.69 Å². The molecule has 0 aliphatic heterocycles. The van der Waals surface area contributed by atoms with Gasteiger partial charge in [0.1, 0.15) is 5.69 Å². The molecule has 0 saturated heterocycles. The number of benzene rings is 2. The van der Waals surface area contributed by atoms with Crippen LogP contribution in [0.3, 0.4) is 0 Å². The van der Waals surface area contributed by atoms with Crippen molar-refractivity contribution in [2.24, 2.45) is 0 Å². The summed E-state index contributed by atoms with van der Waals surface area (Å²) in [6.45, 7) is 4.94. The van der Waals surface area contributed by atoms with Crippen LogP contribution in [-0.4, -0.2) is 33.1 Å². The molecule has 32 heavy (non-hydrogen) atoms. The van der Waals surface area contributed by atoms with Crippen molar-refractivity contribution in [3.8, 4) is 5.69 Å². The van der Waals surface area contributed by atoms with E-state index in [4.69, 9.17) is 0 Å². The monoisotopic (exact) mass is 435 g/mol. The minimum absolute atomic E-state index is 0.108. The van der Waals surface area contributed by atoms with Crippen molar-refractivity contribution in [1.29, 1.82) is 0 Å². The van der Waals surface area contributed by atoms with Crippen molar-refractivity contribution in [3.05, 3.63) is 91.4 Å². The number of hydrogen-bond acceptors (Lipinski definition) is 6. The highest BCUT2D eigenvalue weighted by molar-refractivity contribution is 5.98. The topological polar surface area (TPSA) is 136 Å². The molecule has 3 aromatic rings. The van der Waals surface area contributed by atoms with Crippen LogP contribution in [0, 0.1) is 30.9 Å². The second kappa shape index (κ2) is 9.21. The summed E-state index contributed by atoms with van der Waals surface area (Å²) in [6.07, 6.45) is 0. The second-order valence-corrected chi connectivity index (χ2v) is 7.13. The molecule has 1 heterocycles. The van der Waals surface area contributed by atoms with Gasteiger partial charge >= 0.3 is 0 Å². The number of aryl methyl sites for hydroxylation is 2. The van der Waals surface area contributed by atoms with E-state index < -0.39 is 27.9 Å². The Morgan fingerprint density at radius 2 is 1.81 bits per heavy atom. The van der Waals surface area contributed by atoms with Crippen molar-refractivity contribution >= 4 is 23.2 Å². The molecule has 0 bridgehead atoms. The van der Waals surface area contributed by atoms with Crippen LogP contribution in [-0.2, 0) is 4.79 Å². The van der Waals surface area contributed by atoms with Gasteiger partial charge in [0.15, 0.2) is 5.69 Å². The Hall–Kier alpha value is -4.34. The van der Waals surface area contributed by atoms with E-state index in [-0.39, 0.29) is 17.9 Å². The smallest absolute Gasteiger partial charge is 0.294 e. The summed E-state index contributed by atoms with van der Waals surface area (Å²) in [4.78, 5) is 47.9. The lowest BCUT2D eigenvalue weighted by Gasteiger charge is -2.12. The maximum atomic E-state index is 12.6. The number of nitrogens with one attached hydrogen (secondary N) is 2. The number of rotatable bonds is 6. The van der Waals surface area contributed by atoms with Gasteiger partial charge in [0.25, 0.3) is 11.6 Å². The van der Waals surface area contributed by atoms with Gasteiger partial charge in [-0.15, -0.1) is 0 Å². The number of aromatic nitrogens is 2. The number of anilines is 1. The van der Waals surface area contributed by atoms with E-state index in [1.807, 2.05) is 19.9 Å². The zero-order valence-electron chi connectivity index (χ0n) is 17.7. The molecule has 10 nitrogen and oxygen atoms in total. The maximum absolute atomic E-state index is 12.6. The minimum Gasteiger partial charge on any atom is -0.341 e. The van der Waals surface area contributed by atoms with E-state index in [1.165, 1.54) is 18.2 Å². The molecule has 10 heteroatoms. The second-order valence-electron chi connectivity index (χ2n) is 7.13. The highest BCUT2D eigenvalue weighted by Gasteiger charge is 2.20. The molecule has 0 atom stereocenters. The molecule has 164 valence electrons. The largest absolute Gasteiger partial charge is 0.341 e. The summed E-state index contributed by atoms with van der Waals surface area (Å²) in [7, 11) is 0. The first-order valence-corrected chi connectivity index (χ1v) is 9.68. The molecule has 1 aromatic heterocycles. The van der Waals surface area contributed by atoms with Crippen LogP contribution >= 0.6 is 0 Å². The quantitative estimate of drug-likeness (QED) is 0.451. The first-order valence-electron chi connectivity index (χ1n) is 9.68. The predicted octanol–water partition coefficient (Wildman–Crippen LogP) is 2.43. The van der Waals surface area contributed by atoms with E-state index in [2.05, 4.69) is 15.7 Å². The van der Waals surface area contributed by atoms with Crippen molar-refractivity contribution in [1.82, 2.24) is 15.1 Å². The van der Waals surface area contributed by atoms with Gasteiger partial charge in [0.05, 0.1) is 11.5 Å². The first-order chi connectivity index (χ1) is 15.2. The summed E-state index contributed by atoms with van der Waals surface area (Å²) < 4.78 is 1.16. The van der Waals surface area contributed by atoms with Crippen molar-refractivity contribution < 1.29 is 14.5 Å². The van der Waals surface area contributed by atoms with Crippen LogP contribution in [0.4, 0.5) is 11.4 Å². The molecule has 0 aliphatic rings. The number of nitro groups is 1. The van der Waals surface area contributed by atoms with Crippen molar-refractivity contribution in [2.45, 2.75) is 20.8 Å². The molecule has 0 saturated carbocycles. The Morgan fingerprint density at radius 1 is 1.09 bits per heavy atom. The summed E-state index contributed by atoms with van der Waals surface area (Å²) in [5.41, 5.74) is 1.58. The lowest BCUT2D eigenvalue weighted by molar-refractivity contribution is -0.384. The van der Waals surface area contributed by atoms with Gasteiger partial charge in [-0.1, -0.05) is 24.3 Å². The number of para-hydroxylation sites is 2. The van der Waals surface area contributed by atoms with Gasteiger partial charge in [-0.05, 0) is 44.0 Å². The zero-order valence-corrected chi connectivity index (χ0v) is 17.7. The van der Waals surface area contributed by atoms with Gasteiger partial charge in [-0.3, -0.25) is 24.5 Å². The van der Waals surface area contributed by atoms with Crippen molar-refractivity contribution in [3.63, 3.8) is 0 Å². The van der Waals surface area contributed by atoms with Crippen LogP contribution in [0.1, 0.15) is 27.3 Å². The van der Waals surface area contributed by atoms with E-state index in [0.717, 1.165) is 21.9 Å². The summed E-state index contributed by atoms with van der Waals surface area (Å²) >= 11 is 0. The van der Waals surface area contributed by atoms with Crippen LogP contribution in [0.2, 0.25) is 0 Å². The molecule has 2 aromatic carbocycles. The Labute approximate surface area is 183 Å². The fourth-order valence-electron chi connectivity index (χ4n) is 3.07. The molecular weight excluding hydrogens is 414 g/mol. The SMILES string of the molecule is Cc1cccc(NC(=O)CNC(=O)c2nn(-c3ccccc3[N+](=O)[O-])c(C)cc2=O)c1C. The number of nitro benzene ring substituents is 1. The fourth-order valence-corrected chi connectivity index (χ4v) is 3.07. The third-order valence-corrected chi connectivity index (χ3v) is 4.92. The number of carbonyl (C=O) groups excluding carboxylic acids is 2. The third-order valence-electron chi connectivity index (χ3n) is 4.92. The molecule has 0 unspecified atom stereocenters. The Morgan fingerprint density at radius 3 is 2.53 bits per heavy atom. The standard InChI is InChI=1S/C22H21N5O5/c1-13-7-6-8-16(15(13)3)24-20(29)12-23-22(30)21-19(28)11-14(2)26(25-21)17-9-4-5-10-18(17)27(31)32/h4-11H,12H2,1-3H3,(H,23,30)(H,24,29). The molecule has 2 N–H and O–H groups in total. The molecular formula is C22H21N5O5. The van der Waals surface area contributed by atoms with Gasteiger partial charge in [-0.2, -0.15) is 5.10 Å². The summed E-state index contributed by atoms with van der Waals surface area (Å²) in [5.74, 6) is -1.34. The zero-order chi connectivity index (χ0) is 23.4. The lowest BCUT2D eigenvalue weighted by atomic mass is 10.1. The Balaban J connectivity index is 1.81. The number of nitrogens with zero attached hydrogens (tertiary/aromatic N) is 3. The normalized spacial score (nSPS) is 10.5. The summed E-state index contributed by atoms with van der Waals surface area (Å²) in [6, 6.07) is 12.5. The summed E-state index contributed by atoms with van der Waals surface area (Å²) in [5, 5.41) is 20.4. The third kappa shape index (κ3) is 4.69. The average molecular weight is 435 g/mol. The predicted molar refractivity (Wildman–Crippen MR) is 118 cm³/mol. The molecule has 0 spiro atoms. The molecule has 2 amide bonds. The highest BCUT2D eigenvalue weighted by atomic mass is 16.6. The molecule has 3 rings (SSSR count). The molecule has 0 radical (unpaired) electrons. The highest BCUT2D eigenvalue weighted by Crippen LogP contribution is 2.22. The van der Waals surface area contributed by atoms with E-state index in [0.29, 0.717) is 11.4 Å². The molecule has 0 aliphatic carbocycles. The Bertz CT molecular complexity index is 1280. The maximum Gasteiger partial charge on any atom is 0.294 e. The van der Waals surface area contributed by atoms with Crippen LogP contribution < -0.4 is 16.1 Å². The van der Waals surface area contributed by atoms with Gasteiger partial charge in [0.2, 0.25) is 11.3 Å². The lowest BCUT2D eigenvalue weighted by Crippen LogP contribution is -2.37. The Kier molecular flexibility index (Phi) is 6.43. The number of amides is 2. The fraction of sp³-hybridized carbons (Fsp3) is 0.182. The van der Waals surface area contributed by atoms with E-state index in [1.54, 1.807) is 25.1 Å². The van der Waals surface area contributed by atoms with E-state index in [9.17, 15) is 24.5 Å². The van der Waals surface area contributed by atoms with Crippen molar-refractivity contribution in [2.75, 3.05) is 11.9 Å². The van der Waals surface area contributed by atoms with Gasteiger partial charge in [-0.25, -0.2) is 4.68 Å². The number of carbonyl (C=O) groups is 2. The van der Waals surface area contributed by atoms with Gasteiger partial charge in [0, 0.05) is 23.5 Å². The van der Waals surface area contributed by atoms with Crippen LogP contribution in [0.5, 0.6) is 0 Å². The van der Waals surface area contributed by atoms with Gasteiger partial charge < -0.3 is 10.6 Å². The average Bonchev–Trinajstić information content (AvgIpc) is 2.75. The van der Waals surface area contributed by atoms with Crippen LogP contribution in [0.15, 0.2) is 53.3 Å². The number of hydrogen-bond donors (Lipinski definition) is 2. The minimum atomic E-state index is -0.863.